The van der Waals surface area contributed by atoms with Gasteiger partial charge in [-0.2, -0.15) is 35.4 Å². The van der Waals surface area contributed by atoms with Gasteiger partial charge in [0.1, 0.15) is 0 Å². The van der Waals surface area contributed by atoms with Crippen molar-refractivity contribution >= 4 is 0 Å². The Balaban J connectivity index is 0.000000364. The van der Waals surface area contributed by atoms with Crippen molar-refractivity contribution < 1.29 is 25.8 Å². The van der Waals surface area contributed by atoms with E-state index in [1.165, 1.54) is 60.8 Å². The maximum atomic E-state index is 2.27. The normalized spacial score (nSPS) is 9.71. The second kappa shape index (κ2) is 12.1. The molecule has 116 valence electrons. The van der Waals surface area contributed by atoms with E-state index in [2.05, 4.69) is 64.1 Å². The monoisotopic (exact) mass is 450 g/mol. The van der Waals surface area contributed by atoms with Gasteiger partial charge in [0.15, 0.2) is 0 Å². The fourth-order valence-electron chi connectivity index (χ4n) is 2.33. The summed E-state index contributed by atoms with van der Waals surface area (Å²) in [6.45, 7) is 8.76. The van der Waals surface area contributed by atoms with Crippen LogP contribution in [0.5, 0.6) is 0 Å². The number of unbranched alkanes of at least 4 members (excludes halogenated alkanes) is 2. The molecule has 0 N–H and O–H groups in total. The summed E-state index contributed by atoms with van der Waals surface area (Å²) in [6, 6.07) is 13.4. The van der Waals surface area contributed by atoms with Crippen LogP contribution in [0.1, 0.15) is 61.8 Å². The predicted octanol–water partition coefficient (Wildman–Crippen LogP) is 6.11. The first-order valence-electron chi connectivity index (χ1n) is 8.10. The van der Waals surface area contributed by atoms with Crippen LogP contribution in [0.4, 0.5) is 0 Å². The number of hydrogen-bond donors (Lipinski definition) is 0. The van der Waals surface area contributed by atoms with E-state index in [0.717, 1.165) is 0 Å². The Hall–Kier alpha value is -0.430. The molecule has 0 aliphatic heterocycles. The summed E-state index contributed by atoms with van der Waals surface area (Å²) in [6.07, 6.45) is 7.75. The minimum absolute atomic E-state index is 0. The summed E-state index contributed by atoms with van der Waals surface area (Å²) in [5.74, 6) is 0. The van der Waals surface area contributed by atoms with Gasteiger partial charge in [-0.25, -0.2) is 23.3 Å². The molecule has 2 aromatic rings. The zero-order valence-electron chi connectivity index (χ0n) is 14.2. The maximum Gasteiger partial charge on any atom is 0 e. The summed E-state index contributed by atoms with van der Waals surface area (Å²) in [7, 11) is 0. The van der Waals surface area contributed by atoms with E-state index in [0.29, 0.717) is 0 Å². The van der Waals surface area contributed by atoms with Crippen LogP contribution in [0.15, 0.2) is 36.4 Å². The predicted molar refractivity (Wildman–Crippen MR) is 90.8 cm³/mol. The molecule has 0 aliphatic rings. The molecule has 1 heteroatoms. The fraction of sp³-hybridized carbons (Fsp3) is 0.500. The van der Waals surface area contributed by atoms with E-state index in [9.17, 15) is 0 Å². The summed E-state index contributed by atoms with van der Waals surface area (Å²) in [5, 5.41) is 0. The Bertz CT molecular complexity index is 417. The number of hydrogen-bond acceptors (Lipinski definition) is 0. The molecule has 0 saturated heterocycles. The van der Waals surface area contributed by atoms with Crippen LogP contribution >= 0.6 is 0 Å². The second-order valence-electron chi connectivity index (χ2n) is 5.80. The van der Waals surface area contributed by atoms with Crippen molar-refractivity contribution in [3.8, 4) is 0 Å². The van der Waals surface area contributed by atoms with Crippen LogP contribution in [0.25, 0.3) is 0 Å². The first-order valence-corrected chi connectivity index (χ1v) is 8.10. The van der Waals surface area contributed by atoms with Gasteiger partial charge in [-0.3, -0.25) is 0 Å². The molecular weight excluding hydrogens is 419 g/mol. The van der Waals surface area contributed by atoms with Gasteiger partial charge < -0.3 is 0 Å². The molecule has 0 unspecified atom stereocenters. The Morgan fingerprint density at radius 1 is 0.762 bits per heavy atom. The van der Waals surface area contributed by atoms with Crippen LogP contribution in [0.3, 0.4) is 0 Å². The molecule has 0 aliphatic carbocycles. The third-order valence-corrected chi connectivity index (χ3v) is 3.58. The Labute approximate surface area is 150 Å². The van der Waals surface area contributed by atoms with Crippen LogP contribution < -0.4 is 0 Å². The second-order valence-corrected chi connectivity index (χ2v) is 5.80. The third-order valence-electron chi connectivity index (χ3n) is 3.58. The van der Waals surface area contributed by atoms with Gasteiger partial charge in [0.2, 0.25) is 0 Å². The molecule has 21 heavy (non-hydrogen) atoms. The zero-order valence-corrected chi connectivity index (χ0v) is 17.8. The van der Waals surface area contributed by atoms with E-state index in [1.54, 1.807) is 0 Å². The van der Waals surface area contributed by atoms with Crippen LogP contribution in [0.2, 0.25) is 0 Å². The van der Waals surface area contributed by atoms with Gasteiger partial charge >= 0.3 is 0 Å². The maximum absolute atomic E-state index is 2.27. The van der Waals surface area contributed by atoms with E-state index in [4.69, 9.17) is 0 Å². The van der Waals surface area contributed by atoms with Gasteiger partial charge in [-0.15, -0.1) is 0 Å². The molecule has 0 fully saturated rings. The Morgan fingerprint density at radius 3 is 1.38 bits per heavy atom. The van der Waals surface area contributed by atoms with Crippen molar-refractivity contribution in [3.63, 3.8) is 0 Å². The Kier molecular flexibility index (Phi) is 11.9. The van der Waals surface area contributed by atoms with Gasteiger partial charge in [0.05, 0.1) is 0 Å². The van der Waals surface area contributed by atoms with Gasteiger partial charge in [-0.1, -0.05) is 66.2 Å². The SMILES string of the molecule is CCCC[c-]1ccc(C)c1.CCCC[c-]1ccc(C)c1.[Hf]. The first kappa shape index (κ1) is 20.6. The van der Waals surface area contributed by atoms with Crippen LogP contribution in [-0.2, 0) is 38.7 Å². The quantitative estimate of drug-likeness (QED) is 0.369. The van der Waals surface area contributed by atoms with E-state index >= 15 is 0 Å². The third kappa shape index (κ3) is 9.24. The van der Waals surface area contributed by atoms with Gasteiger partial charge in [-0.05, 0) is 0 Å². The molecule has 0 atom stereocenters. The molecule has 2 rings (SSSR count). The molecule has 0 radical (unpaired) electrons. The van der Waals surface area contributed by atoms with Gasteiger partial charge in [0, 0.05) is 25.8 Å². The summed E-state index contributed by atoms with van der Waals surface area (Å²) in [5.41, 5.74) is 5.79. The molecule has 0 aromatic heterocycles. The average molecular weight is 449 g/mol. The molecular formula is C20H30Hf-2. The van der Waals surface area contributed by atoms with Crippen molar-refractivity contribution in [1.82, 2.24) is 0 Å². The van der Waals surface area contributed by atoms with Gasteiger partial charge in [0.25, 0.3) is 0 Å². The topological polar surface area (TPSA) is 0 Å². The summed E-state index contributed by atoms with van der Waals surface area (Å²) >= 11 is 0. The average Bonchev–Trinajstić information content (AvgIpc) is 3.03. The standard InChI is InChI=1S/2C10H15.Hf/c2*1-3-4-5-10-7-6-9(2)8-10;/h2*6-8H,3-5H2,1-2H3;/q2*-1;. The molecule has 0 bridgehead atoms. The zero-order chi connectivity index (χ0) is 14.8. The van der Waals surface area contributed by atoms with Crippen LogP contribution in [0, 0.1) is 13.8 Å². The molecule has 0 nitrogen and oxygen atoms in total. The fourth-order valence-corrected chi connectivity index (χ4v) is 2.33. The van der Waals surface area contributed by atoms with Crippen molar-refractivity contribution in [1.29, 1.82) is 0 Å². The summed E-state index contributed by atoms with van der Waals surface area (Å²) < 4.78 is 0. The largest absolute Gasteiger partial charge is 0.211 e. The molecule has 0 saturated carbocycles. The van der Waals surface area contributed by atoms with Crippen molar-refractivity contribution in [3.05, 3.63) is 58.7 Å². The van der Waals surface area contributed by atoms with E-state index in [-0.39, 0.29) is 25.8 Å². The smallest absolute Gasteiger partial charge is 0 e. The minimum Gasteiger partial charge on any atom is -0.211 e. The van der Waals surface area contributed by atoms with Crippen molar-refractivity contribution in [2.75, 3.05) is 0 Å². The summed E-state index contributed by atoms with van der Waals surface area (Å²) in [4.78, 5) is 0. The van der Waals surface area contributed by atoms with Crippen LogP contribution in [-0.4, -0.2) is 0 Å². The molecule has 2 aromatic carbocycles. The van der Waals surface area contributed by atoms with E-state index < -0.39 is 0 Å². The number of aryl methyl sites for hydroxylation is 4. The minimum atomic E-state index is 0. The molecule has 0 heterocycles. The number of rotatable bonds is 6. The molecule has 0 spiro atoms. The van der Waals surface area contributed by atoms with Crippen molar-refractivity contribution in [2.45, 2.75) is 66.2 Å². The molecule has 0 amide bonds. The first-order chi connectivity index (χ1) is 9.65. The van der Waals surface area contributed by atoms with E-state index in [1.807, 2.05) is 0 Å². The van der Waals surface area contributed by atoms with Crippen molar-refractivity contribution in [2.24, 2.45) is 0 Å². The Morgan fingerprint density at radius 2 is 1.14 bits per heavy atom.